The highest BCUT2D eigenvalue weighted by Gasteiger charge is 2.20. The molecule has 0 aromatic carbocycles. The van der Waals surface area contributed by atoms with Crippen molar-refractivity contribution in [3.05, 3.63) is 23.0 Å². The van der Waals surface area contributed by atoms with E-state index in [0.29, 0.717) is 11.3 Å². The first-order valence-corrected chi connectivity index (χ1v) is 4.68. The Kier molecular flexibility index (Phi) is 4.23. The lowest BCUT2D eigenvalue weighted by atomic mass is 10.1. The van der Waals surface area contributed by atoms with Crippen molar-refractivity contribution in [1.82, 2.24) is 4.98 Å². The van der Waals surface area contributed by atoms with Crippen molar-refractivity contribution < 1.29 is 18.6 Å². The number of alkyl halides is 3. The van der Waals surface area contributed by atoms with Crippen molar-refractivity contribution in [3.8, 4) is 5.75 Å². The molecule has 0 bridgehead atoms. The lowest BCUT2D eigenvalue weighted by Crippen LogP contribution is -2.05. The molecule has 0 radical (unpaired) electrons. The second-order valence-corrected chi connectivity index (χ2v) is 3.03. The molecule has 0 aliphatic heterocycles. The summed E-state index contributed by atoms with van der Waals surface area (Å²) in [6.07, 6.45) is -1.56. The summed E-state index contributed by atoms with van der Waals surface area (Å²) in [5, 5.41) is 9.01. The lowest BCUT2D eigenvalue weighted by Gasteiger charge is -2.13. The Bertz CT molecular complexity index is 347. The van der Waals surface area contributed by atoms with Crippen molar-refractivity contribution in [2.45, 2.75) is 18.9 Å². The van der Waals surface area contributed by atoms with Crippen LogP contribution < -0.4 is 4.74 Å². The molecule has 6 heteroatoms. The van der Waals surface area contributed by atoms with Crippen molar-refractivity contribution in [1.29, 1.82) is 0 Å². The molecule has 3 nitrogen and oxygen atoms in total. The minimum Gasteiger partial charge on any atom is -0.495 e. The van der Waals surface area contributed by atoms with Gasteiger partial charge >= 0.3 is 0 Å². The molecule has 1 heterocycles. The minimum absolute atomic E-state index is 0.0126. The molecular formula is C9H10ClF2NO2. The first-order valence-electron chi connectivity index (χ1n) is 4.15. The van der Waals surface area contributed by atoms with Crippen LogP contribution in [0.25, 0.3) is 0 Å². The van der Waals surface area contributed by atoms with E-state index < -0.39 is 18.7 Å². The van der Waals surface area contributed by atoms with Crippen LogP contribution in [-0.4, -0.2) is 17.2 Å². The molecule has 1 aromatic rings. The minimum atomic E-state index is -2.74. The van der Waals surface area contributed by atoms with Gasteiger partial charge in [-0.1, -0.05) is 0 Å². The molecule has 0 amide bonds. The number of halogens is 3. The van der Waals surface area contributed by atoms with Gasteiger partial charge in [-0.3, -0.25) is 4.98 Å². The number of hydrogen-bond donors (Lipinski definition) is 1. The molecule has 1 N–H and O–H groups in total. The summed E-state index contributed by atoms with van der Waals surface area (Å²) in [6.45, 7) is -0.536. The number of aromatic nitrogens is 1. The number of ether oxygens (including phenoxy) is 1. The molecule has 0 unspecified atom stereocenters. The second kappa shape index (κ2) is 5.23. The third-order valence-corrected chi connectivity index (χ3v) is 2.28. The van der Waals surface area contributed by atoms with Crippen LogP contribution in [0.1, 0.15) is 23.2 Å². The fraction of sp³-hybridized carbons (Fsp3) is 0.444. The standard InChI is InChI=1S/C9H10ClF2NO2/c1-15-7-3-13-8(9(11)12)6(4-14)5(7)2-10/h3,9,14H,2,4H2,1H3. The van der Waals surface area contributed by atoms with Gasteiger partial charge < -0.3 is 9.84 Å². The number of aliphatic hydroxyl groups excluding tert-OH is 1. The summed E-state index contributed by atoms with van der Waals surface area (Å²) < 4.78 is 29.9. The molecule has 84 valence electrons. The van der Waals surface area contributed by atoms with Crippen molar-refractivity contribution in [2.75, 3.05) is 7.11 Å². The van der Waals surface area contributed by atoms with Crippen LogP contribution >= 0.6 is 11.6 Å². The van der Waals surface area contributed by atoms with Gasteiger partial charge in [0.05, 0.1) is 25.8 Å². The zero-order valence-electron chi connectivity index (χ0n) is 8.01. The van der Waals surface area contributed by atoms with E-state index >= 15 is 0 Å². The Labute approximate surface area is 90.7 Å². The molecule has 15 heavy (non-hydrogen) atoms. The SMILES string of the molecule is COc1cnc(C(F)F)c(CO)c1CCl. The van der Waals surface area contributed by atoms with Gasteiger partial charge in [0.1, 0.15) is 11.4 Å². The molecule has 0 aliphatic rings. The fourth-order valence-electron chi connectivity index (χ4n) is 1.27. The predicted molar refractivity (Wildman–Crippen MR) is 51.2 cm³/mol. The molecule has 0 fully saturated rings. The Morgan fingerprint density at radius 1 is 1.53 bits per heavy atom. The topological polar surface area (TPSA) is 42.4 Å². The van der Waals surface area contributed by atoms with Gasteiger partial charge in [0.2, 0.25) is 0 Å². The smallest absolute Gasteiger partial charge is 0.280 e. The highest BCUT2D eigenvalue weighted by Crippen LogP contribution is 2.30. The third-order valence-electron chi connectivity index (χ3n) is 2.01. The van der Waals surface area contributed by atoms with E-state index in [1.807, 2.05) is 0 Å². The van der Waals surface area contributed by atoms with Gasteiger partial charge in [0.25, 0.3) is 6.43 Å². The van der Waals surface area contributed by atoms with E-state index in [1.165, 1.54) is 13.3 Å². The molecular weight excluding hydrogens is 228 g/mol. The van der Waals surface area contributed by atoms with Crippen LogP contribution in [0.4, 0.5) is 8.78 Å². The van der Waals surface area contributed by atoms with E-state index in [0.717, 1.165) is 0 Å². The van der Waals surface area contributed by atoms with Crippen LogP contribution in [0, 0.1) is 0 Å². The largest absolute Gasteiger partial charge is 0.495 e. The van der Waals surface area contributed by atoms with Crippen molar-refractivity contribution in [2.24, 2.45) is 0 Å². The number of hydrogen-bond acceptors (Lipinski definition) is 3. The Morgan fingerprint density at radius 3 is 2.60 bits per heavy atom. The molecule has 0 aliphatic carbocycles. The first-order chi connectivity index (χ1) is 7.15. The van der Waals surface area contributed by atoms with Gasteiger partial charge in [0, 0.05) is 11.1 Å². The number of nitrogens with zero attached hydrogens (tertiary/aromatic N) is 1. The number of rotatable bonds is 4. The maximum Gasteiger partial charge on any atom is 0.280 e. The maximum absolute atomic E-state index is 12.5. The monoisotopic (exact) mass is 237 g/mol. The quantitative estimate of drug-likeness (QED) is 0.817. The highest BCUT2D eigenvalue weighted by atomic mass is 35.5. The lowest BCUT2D eigenvalue weighted by molar-refractivity contribution is 0.141. The number of methoxy groups -OCH3 is 1. The fourth-order valence-corrected chi connectivity index (χ4v) is 1.57. The predicted octanol–water partition coefficient (Wildman–Crippen LogP) is 2.26. The van der Waals surface area contributed by atoms with E-state index in [1.54, 1.807) is 0 Å². The molecule has 0 saturated carbocycles. The molecule has 0 saturated heterocycles. The van der Waals surface area contributed by atoms with Crippen LogP contribution in [0.5, 0.6) is 5.75 Å². The number of pyridine rings is 1. The summed E-state index contributed by atoms with van der Waals surface area (Å²) in [5.74, 6) is 0.292. The highest BCUT2D eigenvalue weighted by molar-refractivity contribution is 6.17. The van der Waals surface area contributed by atoms with E-state index in [4.69, 9.17) is 21.4 Å². The van der Waals surface area contributed by atoms with Crippen LogP contribution in [0.2, 0.25) is 0 Å². The summed E-state index contributed by atoms with van der Waals surface area (Å²) in [7, 11) is 1.39. The maximum atomic E-state index is 12.5. The van der Waals surface area contributed by atoms with Crippen LogP contribution in [-0.2, 0) is 12.5 Å². The van der Waals surface area contributed by atoms with Crippen LogP contribution in [0.3, 0.4) is 0 Å². The van der Waals surface area contributed by atoms with E-state index in [2.05, 4.69) is 4.98 Å². The van der Waals surface area contributed by atoms with E-state index in [-0.39, 0.29) is 11.4 Å². The molecule has 1 rings (SSSR count). The summed E-state index contributed by atoms with van der Waals surface area (Å²) in [6, 6.07) is 0. The molecule has 1 aromatic heterocycles. The first kappa shape index (κ1) is 12.1. The molecule has 0 spiro atoms. The van der Waals surface area contributed by atoms with Crippen molar-refractivity contribution >= 4 is 11.6 Å². The zero-order valence-corrected chi connectivity index (χ0v) is 8.76. The van der Waals surface area contributed by atoms with Gasteiger partial charge in [-0.05, 0) is 0 Å². The van der Waals surface area contributed by atoms with Gasteiger partial charge in [-0.15, -0.1) is 11.6 Å². The van der Waals surface area contributed by atoms with E-state index in [9.17, 15) is 8.78 Å². The number of aliphatic hydroxyl groups is 1. The second-order valence-electron chi connectivity index (χ2n) is 2.76. The Balaban J connectivity index is 3.34. The summed E-state index contributed by atoms with van der Waals surface area (Å²) >= 11 is 5.61. The summed E-state index contributed by atoms with van der Waals surface area (Å²) in [4.78, 5) is 3.53. The summed E-state index contributed by atoms with van der Waals surface area (Å²) in [5.41, 5.74) is -0.0553. The van der Waals surface area contributed by atoms with Crippen LogP contribution in [0.15, 0.2) is 6.20 Å². The average molecular weight is 238 g/mol. The molecule has 0 atom stereocenters. The zero-order chi connectivity index (χ0) is 11.4. The average Bonchev–Trinajstić information content (AvgIpc) is 2.26. The van der Waals surface area contributed by atoms with Gasteiger partial charge in [-0.25, -0.2) is 8.78 Å². The van der Waals surface area contributed by atoms with Gasteiger partial charge in [0.15, 0.2) is 0 Å². The van der Waals surface area contributed by atoms with Crippen molar-refractivity contribution in [3.63, 3.8) is 0 Å². The third kappa shape index (κ3) is 2.35. The normalized spacial score (nSPS) is 10.8. The Hall–Kier alpha value is -0.940. The Morgan fingerprint density at radius 2 is 2.20 bits per heavy atom. The van der Waals surface area contributed by atoms with Gasteiger partial charge in [-0.2, -0.15) is 0 Å².